The number of rotatable bonds is 4. The maximum Gasteiger partial charge on any atom is 0.269 e. The van der Waals surface area contributed by atoms with E-state index in [-0.39, 0.29) is 12.0 Å². The molecule has 1 unspecified atom stereocenters. The summed E-state index contributed by atoms with van der Waals surface area (Å²) < 4.78 is 8.91. The van der Waals surface area contributed by atoms with E-state index in [9.17, 15) is 4.79 Å². The summed E-state index contributed by atoms with van der Waals surface area (Å²) in [6.45, 7) is 1.38. The van der Waals surface area contributed by atoms with Crippen LogP contribution in [0.2, 0.25) is 0 Å². The summed E-state index contributed by atoms with van der Waals surface area (Å²) in [7, 11) is 0. The lowest BCUT2D eigenvalue weighted by Crippen LogP contribution is -2.18. The molecule has 1 aliphatic heterocycles. The SMILES string of the molecule is Nc1c(C(=O)Nc2cccc(Br)c2)sc(=S)n1CC1CCCO1. The van der Waals surface area contributed by atoms with Gasteiger partial charge in [0, 0.05) is 16.8 Å². The van der Waals surface area contributed by atoms with Crippen LogP contribution in [-0.2, 0) is 11.3 Å². The van der Waals surface area contributed by atoms with Crippen molar-refractivity contribution >= 4 is 56.9 Å². The van der Waals surface area contributed by atoms with E-state index < -0.39 is 0 Å². The molecule has 0 saturated carbocycles. The normalized spacial score (nSPS) is 17.3. The molecule has 0 spiro atoms. The summed E-state index contributed by atoms with van der Waals surface area (Å²) in [5, 5.41) is 2.84. The van der Waals surface area contributed by atoms with E-state index in [1.807, 2.05) is 24.3 Å². The van der Waals surface area contributed by atoms with Crippen molar-refractivity contribution in [2.24, 2.45) is 0 Å². The number of carbonyl (C=O) groups excluding carboxylic acids is 1. The van der Waals surface area contributed by atoms with E-state index in [0.29, 0.717) is 26.9 Å². The Kier molecular flexibility index (Phi) is 5.15. The number of nitrogens with two attached hydrogens (primary N) is 1. The second kappa shape index (κ2) is 7.12. The first-order valence-electron chi connectivity index (χ1n) is 7.22. The molecule has 1 aromatic carbocycles. The predicted octanol–water partition coefficient (Wildman–Crippen LogP) is 4.06. The maximum absolute atomic E-state index is 12.5. The molecule has 1 amide bonds. The highest BCUT2D eigenvalue weighted by atomic mass is 79.9. The van der Waals surface area contributed by atoms with Gasteiger partial charge in [0.15, 0.2) is 3.95 Å². The van der Waals surface area contributed by atoms with Gasteiger partial charge in [-0.1, -0.05) is 33.3 Å². The van der Waals surface area contributed by atoms with E-state index in [1.165, 1.54) is 11.3 Å². The van der Waals surface area contributed by atoms with E-state index in [0.717, 1.165) is 23.9 Å². The van der Waals surface area contributed by atoms with Crippen LogP contribution in [0.5, 0.6) is 0 Å². The number of ether oxygens (including phenoxy) is 1. The summed E-state index contributed by atoms with van der Waals surface area (Å²) in [5.41, 5.74) is 6.85. The molecule has 2 aromatic rings. The molecule has 3 rings (SSSR count). The van der Waals surface area contributed by atoms with Crippen LogP contribution in [0, 0.1) is 3.95 Å². The highest BCUT2D eigenvalue weighted by Gasteiger charge is 2.22. The lowest BCUT2D eigenvalue weighted by Gasteiger charge is -2.12. The molecule has 2 heterocycles. The number of nitrogens with zero attached hydrogens (tertiary/aromatic N) is 1. The summed E-state index contributed by atoms with van der Waals surface area (Å²) in [6.07, 6.45) is 2.18. The number of benzene rings is 1. The largest absolute Gasteiger partial charge is 0.384 e. The van der Waals surface area contributed by atoms with Crippen LogP contribution in [0.3, 0.4) is 0 Å². The third-order valence-corrected chi connectivity index (χ3v) is 5.59. The van der Waals surface area contributed by atoms with Crippen molar-refractivity contribution in [2.45, 2.75) is 25.5 Å². The first-order valence-corrected chi connectivity index (χ1v) is 9.24. The van der Waals surface area contributed by atoms with Crippen molar-refractivity contribution < 1.29 is 9.53 Å². The van der Waals surface area contributed by atoms with Gasteiger partial charge in [-0.3, -0.25) is 4.79 Å². The second-order valence-electron chi connectivity index (χ2n) is 5.29. The van der Waals surface area contributed by atoms with E-state index in [1.54, 1.807) is 4.57 Å². The van der Waals surface area contributed by atoms with Crippen LogP contribution in [0.15, 0.2) is 28.7 Å². The molecule has 3 N–H and O–H groups in total. The first-order chi connectivity index (χ1) is 11.0. The number of thiazole rings is 1. The van der Waals surface area contributed by atoms with Crippen molar-refractivity contribution in [3.05, 3.63) is 37.6 Å². The molecule has 23 heavy (non-hydrogen) atoms. The molecule has 0 aliphatic carbocycles. The predicted molar refractivity (Wildman–Crippen MR) is 98.6 cm³/mol. The van der Waals surface area contributed by atoms with Crippen molar-refractivity contribution in [3.63, 3.8) is 0 Å². The molecule has 1 atom stereocenters. The highest BCUT2D eigenvalue weighted by Crippen LogP contribution is 2.26. The van der Waals surface area contributed by atoms with Crippen molar-refractivity contribution in [3.8, 4) is 0 Å². The van der Waals surface area contributed by atoms with Gasteiger partial charge in [0.25, 0.3) is 5.91 Å². The van der Waals surface area contributed by atoms with Crippen LogP contribution in [0.25, 0.3) is 0 Å². The molecule has 1 fully saturated rings. The van der Waals surface area contributed by atoms with E-state index >= 15 is 0 Å². The van der Waals surface area contributed by atoms with Gasteiger partial charge in [-0.25, -0.2) is 0 Å². The number of anilines is 2. The topological polar surface area (TPSA) is 69.3 Å². The van der Waals surface area contributed by atoms with Gasteiger partial charge >= 0.3 is 0 Å². The Bertz CT molecular complexity index is 781. The van der Waals surface area contributed by atoms with E-state index in [2.05, 4.69) is 21.2 Å². The number of aromatic nitrogens is 1. The zero-order valence-corrected chi connectivity index (χ0v) is 15.5. The Morgan fingerprint density at radius 3 is 3.09 bits per heavy atom. The number of carbonyl (C=O) groups is 1. The Hall–Kier alpha value is -1.22. The van der Waals surface area contributed by atoms with Crippen LogP contribution >= 0.6 is 39.5 Å². The lowest BCUT2D eigenvalue weighted by molar-refractivity contribution is 0.0970. The zero-order valence-electron chi connectivity index (χ0n) is 12.3. The van der Waals surface area contributed by atoms with Gasteiger partial charge in [-0.05, 0) is 43.3 Å². The third-order valence-electron chi connectivity index (χ3n) is 3.63. The minimum absolute atomic E-state index is 0.125. The molecular formula is C15H16BrN3O2S2. The number of hydrogen-bond acceptors (Lipinski definition) is 5. The number of halogens is 1. The summed E-state index contributed by atoms with van der Waals surface area (Å²) >= 11 is 9.97. The van der Waals surface area contributed by atoms with Gasteiger partial charge in [0.05, 0.1) is 12.6 Å². The maximum atomic E-state index is 12.5. The van der Waals surface area contributed by atoms with Crippen LogP contribution in [0.4, 0.5) is 11.5 Å². The molecule has 8 heteroatoms. The average Bonchev–Trinajstić information content (AvgIpc) is 3.11. The minimum Gasteiger partial charge on any atom is -0.384 e. The second-order valence-corrected chi connectivity index (χ2v) is 7.85. The molecule has 1 saturated heterocycles. The van der Waals surface area contributed by atoms with Crippen molar-refractivity contribution in [2.75, 3.05) is 17.7 Å². The number of hydrogen-bond donors (Lipinski definition) is 2. The smallest absolute Gasteiger partial charge is 0.269 e. The quantitative estimate of drug-likeness (QED) is 0.741. The minimum atomic E-state index is -0.247. The van der Waals surface area contributed by atoms with Crippen molar-refractivity contribution in [1.82, 2.24) is 4.57 Å². The summed E-state index contributed by atoms with van der Waals surface area (Å²) in [5.74, 6) is 0.158. The molecular weight excluding hydrogens is 398 g/mol. The van der Waals surface area contributed by atoms with Gasteiger partial charge in [0.1, 0.15) is 10.7 Å². The fourth-order valence-corrected chi connectivity index (χ4v) is 4.14. The van der Waals surface area contributed by atoms with Crippen LogP contribution in [-0.4, -0.2) is 23.2 Å². The molecule has 122 valence electrons. The zero-order chi connectivity index (χ0) is 16.4. The van der Waals surface area contributed by atoms with Crippen LogP contribution in [0.1, 0.15) is 22.5 Å². The Balaban J connectivity index is 1.79. The van der Waals surface area contributed by atoms with Crippen molar-refractivity contribution in [1.29, 1.82) is 0 Å². The number of amides is 1. The number of nitrogen functional groups attached to an aromatic ring is 1. The molecule has 1 aromatic heterocycles. The summed E-state index contributed by atoms with van der Waals surface area (Å²) in [6, 6.07) is 7.40. The van der Waals surface area contributed by atoms with E-state index in [4.69, 9.17) is 22.7 Å². The molecule has 5 nitrogen and oxygen atoms in total. The van der Waals surface area contributed by atoms with Gasteiger partial charge < -0.3 is 20.4 Å². The standard InChI is InChI=1S/C15H16BrN3O2S2/c16-9-3-1-4-10(7-9)18-14(20)12-13(17)19(15(22)23-12)8-11-5-2-6-21-11/h1,3-4,7,11H,2,5-6,8,17H2,(H,18,20). The highest BCUT2D eigenvalue weighted by molar-refractivity contribution is 9.10. The Morgan fingerprint density at radius 2 is 2.39 bits per heavy atom. The Morgan fingerprint density at radius 1 is 1.57 bits per heavy atom. The molecule has 1 aliphatic rings. The van der Waals surface area contributed by atoms with Gasteiger partial charge in [-0.15, -0.1) is 0 Å². The Labute approximate surface area is 151 Å². The lowest BCUT2D eigenvalue weighted by atomic mass is 10.2. The summed E-state index contributed by atoms with van der Waals surface area (Å²) in [4.78, 5) is 12.9. The monoisotopic (exact) mass is 413 g/mol. The molecule has 0 bridgehead atoms. The number of nitrogens with one attached hydrogen (secondary N) is 1. The fourth-order valence-electron chi connectivity index (χ4n) is 2.50. The van der Waals surface area contributed by atoms with Gasteiger partial charge in [0.2, 0.25) is 0 Å². The fraction of sp³-hybridized carbons (Fsp3) is 0.333. The molecule has 0 radical (unpaired) electrons. The average molecular weight is 414 g/mol. The van der Waals surface area contributed by atoms with Crippen LogP contribution < -0.4 is 11.1 Å². The first kappa shape index (κ1) is 16.6. The van der Waals surface area contributed by atoms with Gasteiger partial charge in [-0.2, -0.15) is 0 Å². The third kappa shape index (κ3) is 3.82.